The molecule has 0 saturated heterocycles. The van der Waals surface area contributed by atoms with Crippen molar-refractivity contribution in [2.24, 2.45) is 0 Å². The molecule has 0 radical (unpaired) electrons. The second-order valence-electron chi connectivity index (χ2n) is 5.39. The van der Waals surface area contributed by atoms with E-state index >= 15 is 0 Å². The van der Waals surface area contributed by atoms with Gasteiger partial charge in [-0.1, -0.05) is 36.9 Å². The van der Waals surface area contributed by atoms with Crippen molar-refractivity contribution < 1.29 is 9.26 Å². The van der Waals surface area contributed by atoms with Crippen LogP contribution in [0.5, 0.6) is 5.75 Å². The molecule has 5 nitrogen and oxygen atoms in total. The highest BCUT2D eigenvalue weighted by molar-refractivity contribution is 5.33. The van der Waals surface area contributed by atoms with Crippen molar-refractivity contribution in [2.75, 3.05) is 13.2 Å². The summed E-state index contributed by atoms with van der Waals surface area (Å²) in [7, 11) is 0. The van der Waals surface area contributed by atoms with Gasteiger partial charge in [-0.15, -0.1) is 0 Å². The van der Waals surface area contributed by atoms with Gasteiger partial charge in [0.05, 0.1) is 6.54 Å². The SMILES string of the molecule is C=C(C)COc1ccccc1CN(CC)Cc1noc(C)n1. The molecule has 0 aliphatic heterocycles. The fraction of sp³-hybridized carbons (Fsp3) is 0.412. The topological polar surface area (TPSA) is 51.4 Å². The van der Waals surface area contributed by atoms with Gasteiger partial charge >= 0.3 is 0 Å². The molecule has 0 fully saturated rings. The zero-order chi connectivity index (χ0) is 15.9. The Bertz CT molecular complexity index is 622. The Hall–Kier alpha value is -2.14. The third-order valence-electron chi connectivity index (χ3n) is 3.22. The Labute approximate surface area is 131 Å². The van der Waals surface area contributed by atoms with Crippen molar-refractivity contribution in [1.29, 1.82) is 0 Å². The summed E-state index contributed by atoms with van der Waals surface area (Å²) in [5.41, 5.74) is 2.15. The van der Waals surface area contributed by atoms with Gasteiger partial charge in [0.2, 0.25) is 5.89 Å². The van der Waals surface area contributed by atoms with E-state index in [4.69, 9.17) is 9.26 Å². The Morgan fingerprint density at radius 2 is 2.09 bits per heavy atom. The molecule has 0 atom stereocenters. The van der Waals surface area contributed by atoms with Gasteiger partial charge < -0.3 is 9.26 Å². The van der Waals surface area contributed by atoms with Crippen LogP contribution in [0.4, 0.5) is 0 Å². The molecule has 0 unspecified atom stereocenters. The van der Waals surface area contributed by atoms with E-state index < -0.39 is 0 Å². The molecule has 118 valence electrons. The van der Waals surface area contributed by atoms with Crippen molar-refractivity contribution in [3.8, 4) is 5.75 Å². The monoisotopic (exact) mass is 301 g/mol. The van der Waals surface area contributed by atoms with Gasteiger partial charge in [0.15, 0.2) is 5.82 Å². The molecule has 0 aliphatic rings. The van der Waals surface area contributed by atoms with Crippen molar-refractivity contribution in [3.63, 3.8) is 0 Å². The lowest BCUT2D eigenvalue weighted by atomic mass is 10.2. The Balaban J connectivity index is 2.05. The molecule has 22 heavy (non-hydrogen) atoms. The Morgan fingerprint density at radius 1 is 1.32 bits per heavy atom. The van der Waals surface area contributed by atoms with Crippen LogP contribution in [0.1, 0.15) is 31.1 Å². The first-order valence-electron chi connectivity index (χ1n) is 7.45. The van der Waals surface area contributed by atoms with Crippen LogP contribution in [0.15, 0.2) is 40.9 Å². The van der Waals surface area contributed by atoms with Crippen molar-refractivity contribution >= 4 is 0 Å². The van der Waals surface area contributed by atoms with Crippen LogP contribution in [0, 0.1) is 6.92 Å². The highest BCUT2D eigenvalue weighted by atomic mass is 16.5. The van der Waals surface area contributed by atoms with Crippen LogP contribution in [-0.4, -0.2) is 28.2 Å². The van der Waals surface area contributed by atoms with Crippen LogP contribution in [0.25, 0.3) is 0 Å². The molecule has 0 saturated carbocycles. The first-order chi connectivity index (χ1) is 10.6. The molecule has 0 amide bonds. The smallest absolute Gasteiger partial charge is 0.223 e. The number of aryl methyl sites for hydroxylation is 1. The number of aromatic nitrogens is 2. The molecule has 2 aromatic rings. The molecule has 2 rings (SSSR count). The Morgan fingerprint density at radius 3 is 2.73 bits per heavy atom. The summed E-state index contributed by atoms with van der Waals surface area (Å²) in [4.78, 5) is 6.50. The predicted octanol–water partition coefficient (Wildman–Crippen LogP) is 3.36. The molecule has 1 aromatic carbocycles. The maximum Gasteiger partial charge on any atom is 0.223 e. The van der Waals surface area contributed by atoms with Crippen molar-refractivity contribution in [3.05, 3.63) is 53.7 Å². The standard InChI is InChI=1S/C17H23N3O2/c1-5-20(11-17-18-14(4)22-19-17)10-15-8-6-7-9-16(15)21-12-13(2)3/h6-9H,2,5,10-12H2,1,3-4H3. The van der Waals surface area contributed by atoms with Gasteiger partial charge in [0.25, 0.3) is 0 Å². The van der Waals surface area contributed by atoms with Gasteiger partial charge in [0.1, 0.15) is 12.4 Å². The lowest BCUT2D eigenvalue weighted by Crippen LogP contribution is -2.23. The first-order valence-corrected chi connectivity index (χ1v) is 7.45. The molecule has 0 spiro atoms. The van der Waals surface area contributed by atoms with E-state index in [9.17, 15) is 0 Å². The second kappa shape index (κ2) is 7.75. The zero-order valence-corrected chi connectivity index (χ0v) is 13.5. The largest absolute Gasteiger partial charge is 0.489 e. The number of rotatable bonds is 8. The number of para-hydroxylation sites is 1. The number of ether oxygens (including phenoxy) is 1. The van der Waals surface area contributed by atoms with Crippen LogP contribution >= 0.6 is 0 Å². The van der Waals surface area contributed by atoms with E-state index in [1.54, 1.807) is 6.92 Å². The normalized spacial score (nSPS) is 10.9. The van der Waals surface area contributed by atoms with E-state index in [1.165, 1.54) is 0 Å². The molecule has 1 heterocycles. The van der Waals surface area contributed by atoms with Crippen LogP contribution in [0.3, 0.4) is 0 Å². The number of benzene rings is 1. The maximum atomic E-state index is 5.82. The van der Waals surface area contributed by atoms with E-state index in [1.807, 2.05) is 25.1 Å². The predicted molar refractivity (Wildman–Crippen MR) is 85.6 cm³/mol. The molecule has 0 N–H and O–H groups in total. The highest BCUT2D eigenvalue weighted by Gasteiger charge is 2.12. The minimum Gasteiger partial charge on any atom is -0.489 e. The van der Waals surface area contributed by atoms with E-state index in [-0.39, 0.29) is 0 Å². The molecular weight excluding hydrogens is 278 g/mol. The van der Waals surface area contributed by atoms with Crippen LogP contribution in [-0.2, 0) is 13.1 Å². The number of hydrogen-bond acceptors (Lipinski definition) is 5. The van der Waals surface area contributed by atoms with Gasteiger partial charge in [-0.2, -0.15) is 4.98 Å². The average molecular weight is 301 g/mol. The molecule has 0 bridgehead atoms. The third-order valence-corrected chi connectivity index (χ3v) is 3.22. The second-order valence-corrected chi connectivity index (χ2v) is 5.39. The minimum atomic E-state index is 0.535. The average Bonchev–Trinajstić information content (AvgIpc) is 2.90. The quantitative estimate of drug-likeness (QED) is 0.700. The lowest BCUT2D eigenvalue weighted by molar-refractivity contribution is 0.252. The Kier molecular flexibility index (Phi) is 5.72. The fourth-order valence-corrected chi connectivity index (χ4v) is 2.10. The summed E-state index contributed by atoms with van der Waals surface area (Å²) in [5.74, 6) is 2.20. The van der Waals surface area contributed by atoms with Gasteiger partial charge in [0, 0.05) is 19.0 Å². The molecule has 5 heteroatoms. The summed E-state index contributed by atoms with van der Waals surface area (Å²) in [6, 6.07) is 8.08. The lowest BCUT2D eigenvalue weighted by Gasteiger charge is -2.20. The van der Waals surface area contributed by atoms with Crippen molar-refractivity contribution in [2.45, 2.75) is 33.9 Å². The number of nitrogens with zero attached hydrogens (tertiary/aromatic N) is 3. The van der Waals surface area contributed by atoms with E-state index in [0.717, 1.165) is 30.0 Å². The number of hydrogen-bond donors (Lipinski definition) is 0. The minimum absolute atomic E-state index is 0.535. The van der Waals surface area contributed by atoms with Crippen molar-refractivity contribution in [1.82, 2.24) is 15.0 Å². The molecular formula is C17H23N3O2. The summed E-state index contributed by atoms with van der Waals surface area (Å²) < 4.78 is 10.8. The summed E-state index contributed by atoms with van der Waals surface area (Å²) in [5, 5.41) is 3.96. The van der Waals surface area contributed by atoms with E-state index in [2.05, 4.69) is 34.6 Å². The zero-order valence-electron chi connectivity index (χ0n) is 13.5. The molecule has 1 aromatic heterocycles. The summed E-state index contributed by atoms with van der Waals surface area (Å²) >= 11 is 0. The van der Waals surface area contributed by atoms with Crippen LogP contribution in [0.2, 0.25) is 0 Å². The summed E-state index contributed by atoms with van der Waals surface area (Å²) in [6.07, 6.45) is 0. The third kappa shape index (κ3) is 4.70. The molecule has 0 aliphatic carbocycles. The van der Waals surface area contributed by atoms with Gasteiger partial charge in [-0.25, -0.2) is 0 Å². The first kappa shape index (κ1) is 16.2. The highest BCUT2D eigenvalue weighted by Crippen LogP contribution is 2.21. The van der Waals surface area contributed by atoms with Crippen LogP contribution < -0.4 is 4.74 Å². The van der Waals surface area contributed by atoms with Gasteiger partial charge in [-0.05, 0) is 25.1 Å². The van der Waals surface area contributed by atoms with Gasteiger partial charge in [-0.3, -0.25) is 4.90 Å². The van der Waals surface area contributed by atoms with E-state index in [0.29, 0.717) is 24.9 Å². The summed E-state index contributed by atoms with van der Waals surface area (Å²) in [6.45, 7) is 12.6. The fourth-order valence-electron chi connectivity index (χ4n) is 2.10. The maximum absolute atomic E-state index is 5.82.